The molecule has 0 bridgehead atoms. The summed E-state index contributed by atoms with van der Waals surface area (Å²) in [7, 11) is 0. The molecule has 1 aliphatic rings. The van der Waals surface area contributed by atoms with E-state index in [1.807, 2.05) is 13.8 Å². The first-order valence-electron chi connectivity index (χ1n) is 5.05. The predicted molar refractivity (Wildman–Crippen MR) is 62.2 cm³/mol. The summed E-state index contributed by atoms with van der Waals surface area (Å²) in [6, 6.07) is 0. The van der Waals surface area contributed by atoms with Gasteiger partial charge in [0.1, 0.15) is 6.10 Å². The first-order valence-corrected chi connectivity index (χ1v) is 6.25. The van der Waals surface area contributed by atoms with Crippen LogP contribution in [0, 0.1) is 0 Å². The van der Waals surface area contributed by atoms with E-state index >= 15 is 0 Å². The molecule has 1 atom stereocenters. The fourth-order valence-electron chi connectivity index (χ4n) is 1.44. The second-order valence-electron chi connectivity index (χ2n) is 4.02. The van der Waals surface area contributed by atoms with Crippen molar-refractivity contribution in [2.45, 2.75) is 25.7 Å². The van der Waals surface area contributed by atoms with Crippen molar-refractivity contribution in [1.82, 2.24) is 15.5 Å². The van der Waals surface area contributed by atoms with Crippen LogP contribution in [0.4, 0.5) is 0 Å². The quantitative estimate of drug-likeness (QED) is 0.895. The molecule has 17 heavy (non-hydrogen) atoms. The average molecular weight is 278 g/mol. The standard InChI is InChI=1S/C9H12ClN3O3S/c1-9(2)15-4-5(16-9)3-11-6(14)7-12-13-8(10)17-7/h5H,3-4H2,1-2H3,(H,11,14). The van der Waals surface area contributed by atoms with Gasteiger partial charge < -0.3 is 14.8 Å². The predicted octanol–water partition coefficient (Wildman–Crippen LogP) is 1.07. The van der Waals surface area contributed by atoms with E-state index in [1.165, 1.54) is 0 Å². The smallest absolute Gasteiger partial charge is 0.282 e. The number of nitrogens with zero attached hydrogens (tertiary/aromatic N) is 2. The lowest BCUT2D eigenvalue weighted by Gasteiger charge is -2.17. The van der Waals surface area contributed by atoms with Gasteiger partial charge in [-0.15, -0.1) is 10.2 Å². The van der Waals surface area contributed by atoms with Crippen LogP contribution in [0.5, 0.6) is 0 Å². The number of nitrogens with one attached hydrogen (secondary N) is 1. The molecule has 0 aromatic carbocycles. The van der Waals surface area contributed by atoms with Gasteiger partial charge in [0.15, 0.2) is 5.79 Å². The Bertz CT molecular complexity index is 423. The van der Waals surface area contributed by atoms with Gasteiger partial charge in [-0.3, -0.25) is 4.79 Å². The van der Waals surface area contributed by atoms with Crippen molar-refractivity contribution < 1.29 is 14.3 Å². The van der Waals surface area contributed by atoms with Crippen molar-refractivity contribution in [3.8, 4) is 0 Å². The summed E-state index contributed by atoms with van der Waals surface area (Å²) in [5, 5.41) is 10.1. The van der Waals surface area contributed by atoms with Crippen LogP contribution in [0.1, 0.15) is 23.6 Å². The summed E-state index contributed by atoms with van der Waals surface area (Å²) in [5.41, 5.74) is 0. The van der Waals surface area contributed by atoms with Crippen molar-refractivity contribution in [3.63, 3.8) is 0 Å². The van der Waals surface area contributed by atoms with Gasteiger partial charge in [-0.25, -0.2) is 0 Å². The Morgan fingerprint density at radius 1 is 1.65 bits per heavy atom. The molecule has 1 N–H and O–H groups in total. The SMILES string of the molecule is CC1(C)OCC(CNC(=O)c2nnc(Cl)s2)O1. The Morgan fingerprint density at radius 2 is 2.41 bits per heavy atom. The van der Waals surface area contributed by atoms with Gasteiger partial charge in [-0.05, 0) is 25.4 Å². The van der Waals surface area contributed by atoms with Crippen molar-refractivity contribution in [2.75, 3.05) is 13.2 Å². The van der Waals surface area contributed by atoms with E-state index in [4.69, 9.17) is 21.1 Å². The fourth-order valence-corrected chi connectivity index (χ4v) is 2.19. The van der Waals surface area contributed by atoms with E-state index in [9.17, 15) is 4.79 Å². The molecule has 1 aliphatic heterocycles. The number of amides is 1. The summed E-state index contributed by atoms with van der Waals surface area (Å²) in [6.45, 7) is 4.50. The molecule has 2 rings (SSSR count). The molecule has 1 unspecified atom stereocenters. The molecule has 1 fully saturated rings. The largest absolute Gasteiger partial charge is 0.348 e. The van der Waals surface area contributed by atoms with Gasteiger partial charge in [-0.2, -0.15) is 0 Å². The van der Waals surface area contributed by atoms with E-state index in [0.717, 1.165) is 11.3 Å². The van der Waals surface area contributed by atoms with Crippen molar-refractivity contribution in [3.05, 3.63) is 9.47 Å². The van der Waals surface area contributed by atoms with Gasteiger partial charge in [0.05, 0.1) is 6.61 Å². The zero-order chi connectivity index (χ0) is 12.5. The molecule has 1 aromatic rings. The molecule has 0 radical (unpaired) electrons. The fraction of sp³-hybridized carbons (Fsp3) is 0.667. The Hall–Kier alpha value is -0.760. The first kappa shape index (κ1) is 12.7. The zero-order valence-electron chi connectivity index (χ0n) is 9.40. The highest BCUT2D eigenvalue weighted by atomic mass is 35.5. The Balaban J connectivity index is 1.81. The highest BCUT2D eigenvalue weighted by molar-refractivity contribution is 7.17. The van der Waals surface area contributed by atoms with Crippen LogP contribution >= 0.6 is 22.9 Å². The molecule has 2 heterocycles. The van der Waals surface area contributed by atoms with Crippen LogP contribution in [0.3, 0.4) is 0 Å². The average Bonchev–Trinajstić information content (AvgIpc) is 2.81. The third-order valence-corrected chi connectivity index (χ3v) is 3.17. The van der Waals surface area contributed by atoms with Crippen molar-refractivity contribution in [1.29, 1.82) is 0 Å². The summed E-state index contributed by atoms with van der Waals surface area (Å²) >= 11 is 6.63. The molecule has 8 heteroatoms. The van der Waals surface area contributed by atoms with E-state index in [-0.39, 0.29) is 21.5 Å². The minimum absolute atomic E-state index is 0.141. The first-order chi connectivity index (χ1) is 7.96. The maximum Gasteiger partial charge on any atom is 0.282 e. The van der Waals surface area contributed by atoms with Crippen molar-refractivity contribution >= 4 is 28.8 Å². The van der Waals surface area contributed by atoms with Gasteiger partial charge >= 0.3 is 0 Å². The monoisotopic (exact) mass is 277 g/mol. The summed E-state index contributed by atoms with van der Waals surface area (Å²) in [4.78, 5) is 11.6. The van der Waals surface area contributed by atoms with Gasteiger partial charge in [-0.1, -0.05) is 11.3 Å². The molecule has 0 saturated carbocycles. The van der Waals surface area contributed by atoms with Crippen LogP contribution in [0.2, 0.25) is 4.47 Å². The van der Waals surface area contributed by atoms with Crippen molar-refractivity contribution in [2.24, 2.45) is 0 Å². The van der Waals surface area contributed by atoms with Crippen LogP contribution in [-0.4, -0.2) is 41.1 Å². The molecular formula is C9H12ClN3O3S. The maximum atomic E-state index is 11.6. The number of hydrogen-bond acceptors (Lipinski definition) is 6. The molecule has 94 valence electrons. The van der Waals surface area contributed by atoms with E-state index in [2.05, 4.69) is 15.5 Å². The number of rotatable bonds is 3. The van der Waals surface area contributed by atoms with Crippen LogP contribution in [-0.2, 0) is 9.47 Å². The highest BCUT2D eigenvalue weighted by Crippen LogP contribution is 2.21. The molecule has 0 spiro atoms. The number of hydrogen-bond donors (Lipinski definition) is 1. The van der Waals surface area contributed by atoms with Gasteiger partial charge in [0.2, 0.25) is 9.47 Å². The molecule has 0 aliphatic carbocycles. The summed E-state index contributed by atoms with van der Waals surface area (Å²) in [5.74, 6) is -0.885. The molecular weight excluding hydrogens is 266 g/mol. The third-order valence-electron chi connectivity index (χ3n) is 2.15. The normalized spacial score (nSPS) is 22.6. The number of carbonyl (C=O) groups is 1. The second-order valence-corrected chi connectivity index (χ2v) is 5.58. The number of halogens is 1. The lowest BCUT2D eigenvalue weighted by Crippen LogP contribution is -2.34. The Kier molecular flexibility index (Phi) is 3.62. The second kappa shape index (κ2) is 4.85. The van der Waals surface area contributed by atoms with E-state index < -0.39 is 5.79 Å². The van der Waals surface area contributed by atoms with E-state index in [0.29, 0.717) is 13.2 Å². The summed E-state index contributed by atoms with van der Waals surface area (Å²) < 4.78 is 11.2. The van der Waals surface area contributed by atoms with Crippen LogP contribution in [0.15, 0.2) is 0 Å². The zero-order valence-corrected chi connectivity index (χ0v) is 11.0. The maximum absolute atomic E-state index is 11.6. The van der Waals surface area contributed by atoms with Gasteiger partial charge in [0, 0.05) is 6.54 Å². The van der Waals surface area contributed by atoms with E-state index in [1.54, 1.807) is 0 Å². The Morgan fingerprint density at radius 3 is 2.94 bits per heavy atom. The van der Waals surface area contributed by atoms with Crippen LogP contribution < -0.4 is 5.32 Å². The highest BCUT2D eigenvalue weighted by Gasteiger charge is 2.32. The Labute approximate surface area is 107 Å². The molecule has 1 aromatic heterocycles. The lowest BCUT2D eigenvalue weighted by atomic mass is 10.3. The molecule has 6 nitrogen and oxygen atoms in total. The minimum atomic E-state index is -0.582. The summed E-state index contributed by atoms with van der Waals surface area (Å²) in [6.07, 6.45) is -0.141. The lowest BCUT2D eigenvalue weighted by molar-refractivity contribution is -0.137. The third kappa shape index (κ3) is 3.35. The molecule has 1 amide bonds. The van der Waals surface area contributed by atoms with Gasteiger partial charge in [0.25, 0.3) is 5.91 Å². The number of aromatic nitrogens is 2. The minimum Gasteiger partial charge on any atom is -0.348 e. The number of carbonyl (C=O) groups excluding carboxylic acids is 1. The topological polar surface area (TPSA) is 73.3 Å². The van der Waals surface area contributed by atoms with Crippen LogP contribution in [0.25, 0.3) is 0 Å². The number of ether oxygens (including phenoxy) is 2. The molecule has 1 saturated heterocycles.